The van der Waals surface area contributed by atoms with Gasteiger partial charge < -0.3 is 5.11 Å². The summed E-state index contributed by atoms with van der Waals surface area (Å²) in [4.78, 5) is 11.8. The summed E-state index contributed by atoms with van der Waals surface area (Å²) in [5.74, 6) is 1.06. The first-order valence-electron chi connectivity index (χ1n) is 12.9. The lowest BCUT2D eigenvalue weighted by Crippen LogP contribution is -2.17. The first-order valence-corrected chi connectivity index (χ1v) is 12.9. The number of para-hydroxylation sites is 1. The molecule has 0 unspecified atom stereocenters. The minimum absolute atomic E-state index is 0.0424. The summed E-state index contributed by atoms with van der Waals surface area (Å²) >= 11 is 0. The van der Waals surface area contributed by atoms with E-state index in [2.05, 4.69) is 68.8 Å². The highest BCUT2D eigenvalue weighted by Crippen LogP contribution is 2.42. The van der Waals surface area contributed by atoms with E-state index in [9.17, 15) is 5.11 Å². The predicted octanol–water partition coefficient (Wildman–Crippen LogP) is 8.90. The van der Waals surface area contributed by atoms with Gasteiger partial charge in [0, 0.05) is 17.4 Å². The molecular formula is C34H33N3O. The molecule has 0 aliphatic rings. The Morgan fingerprint density at radius 3 is 2.08 bits per heavy atom. The number of rotatable bonds is 5. The fraction of sp³-hybridized carbons (Fsp3) is 0.176. The van der Waals surface area contributed by atoms with E-state index in [1.807, 2.05) is 66.7 Å². The maximum absolute atomic E-state index is 10.6. The minimum atomic E-state index is 0.0424. The Hall–Kier alpha value is -4.44. The maximum Gasteiger partial charge on any atom is 0.138 e. The second-order valence-corrected chi connectivity index (χ2v) is 10.7. The van der Waals surface area contributed by atoms with E-state index in [1.165, 1.54) is 16.7 Å². The van der Waals surface area contributed by atoms with Crippen LogP contribution in [0.25, 0.3) is 22.5 Å². The quantitative estimate of drug-likeness (QED) is 0.262. The van der Waals surface area contributed by atoms with E-state index in [0.29, 0.717) is 0 Å². The fourth-order valence-electron chi connectivity index (χ4n) is 4.85. The first kappa shape index (κ1) is 25.2. The number of phenolic OH excluding ortho intramolecular Hbond substituents is 1. The zero-order chi connectivity index (χ0) is 26.9. The summed E-state index contributed by atoms with van der Waals surface area (Å²) in [6.45, 7) is 11.1. The molecule has 0 radical (unpaired) electrons. The second kappa shape index (κ2) is 10.1. The summed E-state index contributed by atoms with van der Waals surface area (Å²) in [6, 6.07) is 32.2. The van der Waals surface area contributed by atoms with Crippen LogP contribution in [-0.4, -0.2) is 15.1 Å². The molecule has 1 N–H and O–H groups in total. The van der Waals surface area contributed by atoms with Crippen LogP contribution in [0.1, 0.15) is 37.5 Å². The van der Waals surface area contributed by atoms with Gasteiger partial charge in [-0.3, -0.25) is 9.88 Å². The van der Waals surface area contributed by atoms with Gasteiger partial charge in [0.25, 0.3) is 0 Å². The number of aryl methyl sites for hydroxylation is 2. The molecule has 3 aromatic carbocycles. The summed E-state index contributed by atoms with van der Waals surface area (Å²) < 4.78 is 0. The summed E-state index contributed by atoms with van der Waals surface area (Å²) in [7, 11) is 0. The molecule has 2 heterocycles. The van der Waals surface area contributed by atoms with E-state index in [-0.39, 0.29) is 11.2 Å². The van der Waals surface area contributed by atoms with Crippen molar-refractivity contribution in [1.29, 1.82) is 0 Å². The lowest BCUT2D eigenvalue weighted by molar-refractivity contribution is 0.477. The first-order chi connectivity index (χ1) is 18.2. The molecule has 0 aliphatic heterocycles. The molecule has 0 fully saturated rings. The number of anilines is 3. The predicted molar refractivity (Wildman–Crippen MR) is 157 cm³/mol. The van der Waals surface area contributed by atoms with Crippen LogP contribution in [0.2, 0.25) is 0 Å². The Bertz CT molecular complexity index is 1560. The van der Waals surface area contributed by atoms with Gasteiger partial charge in [-0.1, -0.05) is 75.4 Å². The molecule has 5 aromatic rings. The van der Waals surface area contributed by atoms with Gasteiger partial charge in [-0.05, 0) is 84.0 Å². The Balaban J connectivity index is 1.73. The van der Waals surface area contributed by atoms with Crippen LogP contribution >= 0.6 is 0 Å². The van der Waals surface area contributed by atoms with Gasteiger partial charge in [-0.2, -0.15) is 0 Å². The van der Waals surface area contributed by atoms with Crippen LogP contribution in [0, 0.1) is 13.8 Å². The van der Waals surface area contributed by atoms with E-state index >= 15 is 0 Å². The van der Waals surface area contributed by atoms with Crippen molar-refractivity contribution in [2.75, 3.05) is 4.90 Å². The second-order valence-electron chi connectivity index (χ2n) is 10.7. The highest BCUT2D eigenvalue weighted by atomic mass is 16.3. The van der Waals surface area contributed by atoms with Crippen molar-refractivity contribution < 1.29 is 5.11 Å². The van der Waals surface area contributed by atoms with Gasteiger partial charge in [0.1, 0.15) is 11.6 Å². The molecule has 4 heteroatoms. The van der Waals surface area contributed by atoms with E-state index in [4.69, 9.17) is 4.98 Å². The smallest absolute Gasteiger partial charge is 0.138 e. The molecule has 0 saturated carbocycles. The van der Waals surface area contributed by atoms with Gasteiger partial charge in [-0.25, -0.2) is 4.98 Å². The van der Waals surface area contributed by atoms with Crippen LogP contribution in [0.15, 0.2) is 103 Å². The third-order valence-corrected chi connectivity index (χ3v) is 6.79. The minimum Gasteiger partial charge on any atom is -0.507 e. The maximum atomic E-state index is 10.6. The SMILES string of the molecule is Cc1cc(C(C)(C)C)cc(C)c1N(c1cccc(-c2ccccc2O)c1)c1cccc(-c2ccccn2)n1. The zero-order valence-electron chi connectivity index (χ0n) is 22.6. The number of benzene rings is 3. The zero-order valence-corrected chi connectivity index (χ0v) is 22.6. The van der Waals surface area contributed by atoms with Crippen LogP contribution in [-0.2, 0) is 5.41 Å². The number of pyridine rings is 2. The van der Waals surface area contributed by atoms with Crippen molar-refractivity contribution in [1.82, 2.24) is 9.97 Å². The van der Waals surface area contributed by atoms with Gasteiger partial charge >= 0.3 is 0 Å². The Kier molecular flexibility index (Phi) is 6.73. The monoisotopic (exact) mass is 499 g/mol. The Morgan fingerprint density at radius 2 is 1.39 bits per heavy atom. The van der Waals surface area contributed by atoms with Crippen LogP contribution in [0.5, 0.6) is 5.75 Å². The van der Waals surface area contributed by atoms with E-state index < -0.39 is 0 Å². The number of aromatic hydroxyl groups is 1. The van der Waals surface area contributed by atoms with Crippen molar-refractivity contribution in [3.8, 4) is 28.3 Å². The molecule has 0 atom stereocenters. The van der Waals surface area contributed by atoms with E-state index in [1.54, 1.807) is 12.3 Å². The molecular weight excluding hydrogens is 466 g/mol. The normalized spacial score (nSPS) is 11.4. The highest BCUT2D eigenvalue weighted by molar-refractivity contribution is 5.83. The van der Waals surface area contributed by atoms with Crippen molar-refractivity contribution in [3.63, 3.8) is 0 Å². The van der Waals surface area contributed by atoms with Gasteiger partial charge in [-0.15, -0.1) is 0 Å². The number of phenols is 1. The number of aromatic nitrogens is 2. The summed E-state index contributed by atoms with van der Waals surface area (Å²) in [6.07, 6.45) is 1.79. The van der Waals surface area contributed by atoms with E-state index in [0.717, 1.165) is 39.7 Å². The molecule has 0 spiro atoms. The molecule has 190 valence electrons. The molecule has 0 saturated heterocycles. The summed E-state index contributed by atoms with van der Waals surface area (Å²) in [5, 5.41) is 10.6. The van der Waals surface area contributed by atoms with Crippen molar-refractivity contribution in [2.24, 2.45) is 0 Å². The van der Waals surface area contributed by atoms with Crippen molar-refractivity contribution in [3.05, 3.63) is 120 Å². The number of nitrogens with zero attached hydrogens (tertiary/aromatic N) is 3. The van der Waals surface area contributed by atoms with Crippen LogP contribution < -0.4 is 4.90 Å². The van der Waals surface area contributed by atoms with Crippen molar-refractivity contribution >= 4 is 17.2 Å². The number of hydrogen-bond acceptors (Lipinski definition) is 4. The summed E-state index contributed by atoms with van der Waals surface area (Å²) in [5.41, 5.74) is 9.12. The Morgan fingerprint density at radius 1 is 0.711 bits per heavy atom. The third-order valence-electron chi connectivity index (χ3n) is 6.79. The average Bonchev–Trinajstić information content (AvgIpc) is 2.91. The topological polar surface area (TPSA) is 49.2 Å². The fourth-order valence-corrected chi connectivity index (χ4v) is 4.85. The lowest BCUT2D eigenvalue weighted by atomic mass is 9.84. The molecule has 5 rings (SSSR count). The molecule has 0 amide bonds. The molecule has 0 aliphatic carbocycles. The standard InChI is InChI=1S/C34H33N3O/c1-23-20-26(34(3,4)5)21-24(2)33(23)37(32-18-11-16-30(36-32)29-15-8-9-19-35-29)27-13-10-12-25(22-27)28-14-6-7-17-31(28)38/h6-22,38H,1-5H3. The van der Waals surface area contributed by atoms with Crippen molar-refractivity contribution in [2.45, 2.75) is 40.0 Å². The largest absolute Gasteiger partial charge is 0.507 e. The number of hydrogen-bond donors (Lipinski definition) is 1. The van der Waals surface area contributed by atoms with Gasteiger partial charge in [0.05, 0.1) is 17.1 Å². The molecule has 0 bridgehead atoms. The highest BCUT2D eigenvalue weighted by Gasteiger charge is 2.23. The van der Waals surface area contributed by atoms with Crippen LogP contribution in [0.3, 0.4) is 0 Å². The van der Waals surface area contributed by atoms with Gasteiger partial charge in [0.15, 0.2) is 0 Å². The molecule has 2 aromatic heterocycles. The van der Waals surface area contributed by atoms with Gasteiger partial charge in [0.2, 0.25) is 0 Å². The van der Waals surface area contributed by atoms with Crippen LogP contribution in [0.4, 0.5) is 17.2 Å². The molecule has 4 nitrogen and oxygen atoms in total. The average molecular weight is 500 g/mol. The molecule has 38 heavy (non-hydrogen) atoms. The Labute approximate surface area is 225 Å². The lowest BCUT2D eigenvalue weighted by Gasteiger charge is -2.30. The third kappa shape index (κ3) is 5.03.